The van der Waals surface area contributed by atoms with Gasteiger partial charge in [0.2, 0.25) is 0 Å². The van der Waals surface area contributed by atoms with Gasteiger partial charge in [0.15, 0.2) is 0 Å². The van der Waals surface area contributed by atoms with Crippen LogP contribution in [0.3, 0.4) is 0 Å². The lowest BCUT2D eigenvalue weighted by atomic mass is 10.1. The second-order valence-corrected chi connectivity index (χ2v) is 16.2. The third-order valence-corrected chi connectivity index (χ3v) is 12.0. The van der Waals surface area contributed by atoms with Crippen LogP contribution >= 0.6 is 0 Å². The maximum atomic E-state index is 13.3. The molecule has 0 aliphatic rings. The molecule has 3 N–H and O–H groups in total. The van der Waals surface area contributed by atoms with E-state index in [1.54, 1.807) is 72.8 Å². The van der Waals surface area contributed by atoms with E-state index in [0.717, 1.165) is 0 Å². The minimum Gasteiger partial charge on any atom is -0.576 e. The van der Waals surface area contributed by atoms with Gasteiger partial charge in [0.1, 0.15) is 33.8 Å². The Morgan fingerprint density at radius 3 is 0.929 bits per heavy atom. The van der Waals surface area contributed by atoms with Crippen molar-refractivity contribution >= 4 is 99.7 Å². The Bertz CT molecular complexity index is 3190. The summed E-state index contributed by atoms with van der Waals surface area (Å²) < 4.78 is 19.9. The number of pyridine rings is 3. The van der Waals surface area contributed by atoms with Gasteiger partial charge in [-0.25, -0.2) is 0 Å². The number of carbonyl (C=O) groups is 3. The van der Waals surface area contributed by atoms with Gasteiger partial charge in [-0.2, -0.15) is 0 Å². The van der Waals surface area contributed by atoms with Crippen LogP contribution in [0.2, 0.25) is 0 Å². The van der Waals surface area contributed by atoms with Crippen molar-refractivity contribution in [2.75, 3.05) is 16.0 Å². The van der Waals surface area contributed by atoms with Gasteiger partial charge in [0.25, 0.3) is 34.8 Å². The number of fused-ring (bicyclic) bond motifs is 3. The molecule has 9 aromatic rings. The highest BCUT2D eigenvalue weighted by molar-refractivity contribution is 6.40. The number of nitro groups is 3. The second-order valence-electron chi connectivity index (χ2n) is 14.9. The number of rotatable bonds is 15. The lowest BCUT2D eigenvalue weighted by Crippen LogP contribution is -2.37. The van der Waals surface area contributed by atoms with Crippen LogP contribution < -0.4 is 27.3 Å². The van der Waals surface area contributed by atoms with Gasteiger partial charge in [-0.15, -0.1) is 0 Å². The molecule has 6 aromatic carbocycles. The summed E-state index contributed by atoms with van der Waals surface area (Å²) in [5.74, 6) is -1.04. The Balaban J connectivity index is 1.06. The van der Waals surface area contributed by atoms with Crippen LogP contribution in [0.1, 0.15) is 31.1 Å². The average Bonchev–Trinajstić information content (AvgIpc) is 3.38. The van der Waals surface area contributed by atoms with E-state index in [9.17, 15) is 44.7 Å². The molecular formula is C48H30AlN9O12. The topological polar surface area (TPSA) is 283 Å². The first kappa shape index (κ1) is 45.3. The number of hydrogen-bond donors (Lipinski definition) is 3. The summed E-state index contributed by atoms with van der Waals surface area (Å²) in [6.45, 7) is 0. The van der Waals surface area contributed by atoms with Gasteiger partial charge in [-0.05, 0) is 109 Å². The molecule has 0 atom stereocenters. The summed E-state index contributed by atoms with van der Waals surface area (Å²) in [6.07, 6.45) is 4.58. The molecular weight excluding hydrogens is 922 g/mol. The van der Waals surface area contributed by atoms with E-state index in [0.29, 0.717) is 49.8 Å². The number of hydrogen-bond acceptors (Lipinski definition) is 15. The molecule has 0 radical (unpaired) electrons. The Kier molecular flexibility index (Phi) is 12.6. The van der Waals surface area contributed by atoms with Crippen LogP contribution in [-0.4, -0.2) is 62.6 Å². The zero-order valence-corrected chi connectivity index (χ0v) is 36.9. The molecule has 21 nitrogen and oxygen atoms in total. The summed E-state index contributed by atoms with van der Waals surface area (Å²) in [5.41, 5.74) is 1.95. The highest BCUT2D eigenvalue weighted by Crippen LogP contribution is 2.36. The average molecular weight is 952 g/mol. The van der Waals surface area contributed by atoms with E-state index in [-0.39, 0.29) is 51.0 Å². The maximum absolute atomic E-state index is 13.3. The van der Waals surface area contributed by atoms with Crippen LogP contribution in [-0.2, 0) is 0 Å². The first-order chi connectivity index (χ1) is 33.9. The lowest BCUT2D eigenvalue weighted by molar-refractivity contribution is -0.385. The van der Waals surface area contributed by atoms with Crippen molar-refractivity contribution in [3.8, 4) is 17.2 Å². The number of nitrogens with zero attached hydrogens (tertiary/aromatic N) is 6. The van der Waals surface area contributed by atoms with Crippen molar-refractivity contribution in [2.45, 2.75) is 0 Å². The highest BCUT2D eigenvalue weighted by atomic mass is 27.3. The minimum absolute atomic E-state index is 0.173. The molecule has 9 rings (SSSR count). The molecule has 0 bridgehead atoms. The van der Waals surface area contributed by atoms with E-state index in [2.05, 4.69) is 30.9 Å². The van der Waals surface area contributed by atoms with Crippen LogP contribution in [0.15, 0.2) is 164 Å². The van der Waals surface area contributed by atoms with Crippen molar-refractivity contribution in [3.05, 3.63) is 211 Å². The number of aromatic nitrogens is 3. The summed E-state index contributed by atoms with van der Waals surface area (Å²) in [5, 5.41) is 43.5. The number of nitro benzene ring substituents is 3. The molecule has 0 spiro atoms. The third-order valence-electron chi connectivity index (χ3n) is 10.6. The zero-order chi connectivity index (χ0) is 48.9. The van der Waals surface area contributed by atoms with Crippen LogP contribution in [0.5, 0.6) is 17.2 Å². The number of nitrogens with one attached hydrogen (secondary N) is 3. The zero-order valence-electron chi connectivity index (χ0n) is 35.7. The minimum atomic E-state index is -3.60. The molecule has 0 fully saturated rings. The first-order valence-electron chi connectivity index (χ1n) is 20.7. The summed E-state index contributed by atoms with van der Waals surface area (Å²) in [4.78, 5) is 85.6. The molecule has 0 saturated heterocycles. The van der Waals surface area contributed by atoms with E-state index < -0.39 is 47.6 Å². The summed E-state index contributed by atoms with van der Waals surface area (Å²) >= 11 is -3.60. The number of anilines is 3. The number of non-ortho nitro benzene ring substituents is 3. The monoisotopic (exact) mass is 951 g/mol. The Hall–Kier alpha value is -9.91. The van der Waals surface area contributed by atoms with Crippen molar-refractivity contribution in [1.82, 2.24) is 15.0 Å². The van der Waals surface area contributed by atoms with Gasteiger partial charge in [0.05, 0.1) is 31.8 Å². The molecule has 0 aliphatic heterocycles. The maximum Gasteiger partial charge on any atom is 1.20 e. The molecule has 0 saturated carbocycles. The SMILES string of the molecule is O=C(Nc1ccc([O][Al]([O]c2ccc(NC(=O)c3ccc([N+](=O)[O-])cc3)c3cccnc23)[O]c2ccc(NC(=O)c3ccc([N+](=O)[O-])cc3)c3cccnc23)c2ncccc12)c1ccc([N+](=O)[O-])cc1. The van der Waals surface area contributed by atoms with E-state index in [1.165, 1.54) is 91.4 Å². The lowest BCUT2D eigenvalue weighted by Gasteiger charge is -2.20. The highest BCUT2D eigenvalue weighted by Gasteiger charge is 2.46. The van der Waals surface area contributed by atoms with E-state index >= 15 is 0 Å². The fraction of sp³-hybridized carbons (Fsp3) is 0. The van der Waals surface area contributed by atoms with Crippen molar-refractivity contribution in [3.63, 3.8) is 0 Å². The van der Waals surface area contributed by atoms with Crippen LogP contribution in [0.25, 0.3) is 32.7 Å². The van der Waals surface area contributed by atoms with Crippen molar-refractivity contribution in [1.29, 1.82) is 0 Å². The molecule has 0 aliphatic carbocycles. The molecule has 3 heterocycles. The number of carbonyl (C=O) groups excluding carboxylic acids is 3. The standard InChI is InChI=1S/3C16H11N3O4.Al/c3*20-14-8-7-13(12-2-1-9-17-15(12)14)18-16(21)10-3-5-11(6-4-10)19(22)23;/h3*1-9,20H,(H,18,21);/q;;;+3/p-3. The van der Waals surface area contributed by atoms with Crippen LogP contribution in [0, 0.1) is 30.3 Å². The third kappa shape index (κ3) is 9.65. The Morgan fingerprint density at radius 1 is 0.400 bits per heavy atom. The predicted octanol–water partition coefficient (Wildman–Crippen LogP) is 9.33. The van der Waals surface area contributed by atoms with Crippen molar-refractivity contribution < 1.29 is 40.5 Å². The van der Waals surface area contributed by atoms with Gasteiger partial charge in [-0.1, -0.05) is 0 Å². The predicted molar refractivity (Wildman–Crippen MR) is 256 cm³/mol. The van der Waals surface area contributed by atoms with E-state index in [1.807, 2.05) is 0 Å². The van der Waals surface area contributed by atoms with Crippen LogP contribution in [0.4, 0.5) is 34.1 Å². The van der Waals surface area contributed by atoms with Gasteiger partial charge >= 0.3 is 15.1 Å². The fourth-order valence-electron chi connectivity index (χ4n) is 7.22. The second kappa shape index (κ2) is 19.5. The summed E-state index contributed by atoms with van der Waals surface area (Å²) in [7, 11) is 0. The molecule has 0 unspecified atom stereocenters. The summed E-state index contributed by atoms with van der Waals surface area (Å²) in [6, 6.07) is 35.0. The van der Waals surface area contributed by atoms with Gasteiger partial charge in [0, 0.05) is 87.8 Å². The quantitative estimate of drug-likeness (QED) is 0.0490. The van der Waals surface area contributed by atoms with Gasteiger partial charge in [-0.3, -0.25) is 59.7 Å². The smallest absolute Gasteiger partial charge is 0.576 e. The van der Waals surface area contributed by atoms with E-state index in [4.69, 9.17) is 11.4 Å². The van der Waals surface area contributed by atoms with Gasteiger partial charge < -0.3 is 27.3 Å². The molecule has 22 heteroatoms. The first-order valence-corrected chi connectivity index (χ1v) is 22.1. The number of benzene rings is 6. The molecule has 3 aromatic heterocycles. The Labute approximate surface area is 398 Å². The Morgan fingerprint density at radius 2 is 0.671 bits per heavy atom. The fourth-order valence-corrected chi connectivity index (χ4v) is 8.56. The number of amides is 3. The normalized spacial score (nSPS) is 10.8. The molecule has 342 valence electrons. The molecule has 3 amide bonds. The van der Waals surface area contributed by atoms with Crippen molar-refractivity contribution in [2.24, 2.45) is 0 Å². The molecule has 70 heavy (non-hydrogen) atoms. The largest absolute Gasteiger partial charge is 1.20 e.